The van der Waals surface area contributed by atoms with E-state index in [0.717, 1.165) is 13.1 Å². The number of hydrogen-bond acceptors (Lipinski definition) is 5. The second-order valence-corrected chi connectivity index (χ2v) is 4.62. The number of benzene rings is 1. The Morgan fingerprint density at radius 1 is 1.32 bits per heavy atom. The molecule has 0 radical (unpaired) electrons. The molecule has 0 saturated carbocycles. The number of hydrogen-bond donors (Lipinski definition) is 2. The summed E-state index contributed by atoms with van der Waals surface area (Å²) >= 11 is 0. The molecule has 1 heterocycles. The lowest BCUT2D eigenvalue weighted by molar-refractivity contribution is -0.384. The van der Waals surface area contributed by atoms with E-state index < -0.39 is 10.8 Å². The Bertz CT molecular complexity index is 561. The Morgan fingerprint density at radius 3 is 2.64 bits per heavy atom. The zero-order valence-corrected chi connectivity index (χ0v) is 12.6. The minimum absolute atomic E-state index is 0. The molecule has 22 heavy (non-hydrogen) atoms. The van der Waals surface area contributed by atoms with Crippen molar-refractivity contribution in [1.82, 2.24) is 15.5 Å². The zero-order valence-electron chi connectivity index (χ0n) is 11.8. The van der Waals surface area contributed by atoms with Crippen LogP contribution in [0.3, 0.4) is 0 Å². The number of rotatable bonds is 4. The van der Waals surface area contributed by atoms with Crippen LogP contribution in [0.25, 0.3) is 0 Å². The highest BCUT2D eigenvalue weighted by molar-refractivity contribution is 5.96. The summed E-state index contributed by atoms with van der Waals surface area (Å²) in [5.74, 6) is -0.655. The van der Waals surface area contributed by atoms with Crippen LogP contribution in [-0.4, -0.2) is 54.4 Å². The number of nitrogens with zero attached hydrogens (tertiary/aromatic N) is 2. The molecular formula is C13H17ClN4O4. The van der Waals surface area contributed by atoms with Crippen molar-refractivity contribution in [3.63, 3.8) is 0 Å². The van der Waals surface area contributed by atoms with Gasteiger partial charge in [-0.15, -0.1) is 12.4 Å². The number of nitro benzene ring substituents is 1. The fraction of sp³-hybridized carbons (Fsp3) is 0.385. The molecule has 2 amide bonds. The molecule has 1 aromatic carbocycles. The minimum Gasteiger partial charge on any atom is -0.343 e. The Balaban J connectivity index is 0.00000242. The standard InChI is InChI=1S/C13H16N4O4.ClH/c18-12(16-6-4-14-5-7-16)9-15-13(19)10-2-1-3-11(8-10)17(20)21;/h1-3,8,14H,4-7,9H2,(H,15,19);1H. The van der Waals surface area contributed by atoms with Gasteiger partial charge in [0.1, 0.15) is 0 Å². The molecule has 0 atom stereocenters. The summed E-state index contributed by atoms with van der Waals surface area (Å²) < 4.78 is 0. The molecule has 1 aliphatic heterocycles. The SMILES string of the molecule is Cl.O=C(NCC(=O)N1CCNCC1)c1cccc([N+](=O)[O-])c1. The van der Waals surface area contributed by atoms with Gasteiger partial charge in [-0.2, -0.15) is 0 Å². The fourth-order valence-electron chi connectivity index (χ4n) is 2.04. The van der Waals surface area contributed by atoms with E-state index in [4.69, 9.17) is 0 Å². The monoisotopic (exact) mass is 328 g/mol. The molecule has 0 aliphatic carbocycles. The van der Waals surface area contributed by atoms with Gasteiger partial charge in [0.25, 0.3) is 11.6 Å². The predicted molar refractivity (Wildman–Crippen MR) is 82.1 cm³/mol. The normalized spacial score (nSPS) is 13.9. The van der Waals surface area contributed by atoms with E-state index in [1.165, 1.54) is 24.3 Å². The van der Waals surface area contributed by atoms with E-state index in [1.807, 2.05) is 0 Å². The number of carbonyl (C=O) groups is 2. The van der Waals surface area contributed by atoms with E-state index in [1.54, 1.807) is 4.90 Å². The summed E-state index contributed by atoms with van der Waals surface area (Å²) in [7, 11) is 0. The summed E-state index contributed by atoms with van der Waals surface area (Å²) in [5.41, 5.74) is 0.00777. The van der Waals surface area contributed by atoms with Gasteiger partial charge in [0.2, 0.25) is 5.91 Å². The van der Waals surface area contributed by atoms with Crippen molar-refractivity contribution in [2.24, 2.45) is 0 Å². The molecule has 1 fully saturated rings. The first-order valence-electron chi connectivity index (χ1n) is 6.59. The van der Waals surface area contributed by atoms with Crippen LogP contribution < -0.4 is 10.6 Å². The van der Waals surface area contributed by atoms with Crippen LogP contribution in [0, 0.1) is 10.1 Å². The van der Waals surface area contributed by atoms with Gasteiger partial charge in [-0.05, 0) is 6.07 Å². The smallest absolute Gasteiger partial charge is 0.270 e. The molecule has 9 heteroatoms. The van der Waals surface area contributed by atoms with Gasteiger partial charge in [0.05, 0.1) is 11.5 Å². The van der Waals surface area contributed by atoms with Gasteiger partial charge < -0.3 is 15.5 Å². The van der Waals surface area contributed by atoms with Crippen molar-refractivity contribution in [3.05, 3.63) is 39.9 Å². The van der Waals surface area contributed by atoms with Crippen LogP contribution in [0.1, 0.15) is 10.4 Å². The summed E-state index contributed by atoms with van der Waals surface area (Å²) in [6.07, 6.45) is 0. The summed E-state index contributed by atoms with van der Waals surface area (Å²) in [6, 6.07) is 5.40. The van der Waals surface area contributed by atoms with E-state index in [9.17, 15) is 19.7 Å². The summed E-state index contributed by atoms with van der Waals surface area (Å²) in [5, 5.41) is 16.3. The number of amides is 2. The fourth-order valence-corrected chi connectivity index (χ4v) is 2.04. The average molecular weight is 329 g/mol. The lowest BCUT2D eigenvalue weighted by atomic mass is 10.2. The first-order chi connectivity index (χ1) is 10.1. The highest BCUT2D eigenvalue weighted by Crippen LogP contribution is 2.12. The van der Waals surface area contributed by atoms with Gasteiger partial charge in [0.15, 0.2) is 0 Å². The molecule has 8 nitrogen and oxygen atoms in total. The van der Waals surface area contributed by atoms with Crippen molar-refractivity contribution in [2.75, 3.05) is 32.7 Å². The van der Waals surface area contributed by atoms with Crippen molar-refractivity contribution < 1.29 is 14.5 Å². The third-order valence-electron chi connectivity index (χ3n) is 3.19. The van der Waals surface area contributed by atoms with Crippen LogP contribution in [0.4, 0.5) is 5.69 Å². The molecule has 0 bridgehead atoms. The molecule has 0 aromatic heterocycles. The second-order valence-electron chi connectivity index (χ2n) is 4.62. The molecule has 1 saturated heterocycles. The Kier molecular flexibility index (Phi) is 6.74. The molecule has 2 rings (SSSR count). The van der Waals surface area contributed by atoms with Crippen LogP contribution in [0.2, 0.25) is 0 Å². The maximum atomic E-state index is 11.9. The third-order valence-corrected chi connectivity index (χ3v) is 3.19. The number of halogens is 1. The first-order valence-corrected chi connectivity index (χ1v) is 6.59. The quantitative estimate of drug-likeness (QED) is 0.606. The van der Waals surface area contributed by atoms with Gasteiger partial charge in [-0.1, -0.05) is 6.07 Å². The number of nitro groups is 1. The number of carbonyl (C=O) groups excluding carboxylic acids is 2. The maximum absolute atomic E-state index is 11.9. The minimum atomic E-state index is -0.567. The lowest BCUT2D eigenvalue weighted by Gasteiger charge is -2.27. The van der Waals surface area contributed by atoms with Crippen molar-refractivity contribution in [1.29, 1.82) is 0 Å². The molecule has 0 spiro atoms. The number of nitrogens with one attached hydrogen (secondary N) is 2. The predicted octanol–water partition coefficient (Wildman–Crippen LogP) is 0.178. The van der Waals surface area contributed by atoms with Gasteiger partial charge in [-0.25, -0.2) is 0 Å². The molecule has 1 aromatic rings. The zero-order chi connectivity index (χ0) is 15.2. The second kappa shape index (κ2) is 8.30. The largest absolute Gasteiger partial charge is 0.343 e. The molecule has 120 valence electrons. The topological polar surface area (TPSA) is 105 Å². The Morgan fingerprint density at radius 2 is 2.00 bits per heavy atom. The van der Waals surface area contributed by atoms with Gasteiger partial charge >= 0.3 is 0 Å². The Hall–Kier alpha value is -2.19. The van der Waals surface area contributed by atoms with Crippen LogP contribution in [0.15, 0.2) is 24.3 Å². The first kappa shape index (κ1) is 17.9. The van der Waals surface area contributed by atoms with E-state index in [2.05, 4.69) is 10.6 Å². The molecule has 2 N–H and O–H groups in total. The lowest BCUT2D eigenvalue weighted by Crippen LogP contribution is -2.49. The third kappa shape index (κ3) is 4.68. The van der Waals surface area contributed by atoms with Crippen LogP contribution >= 0.6 is 12.4 Å². The summed E-state index contributed by atoms with van der Waals surface area (Å²) in [6.45, 7) is 2.60. The van der Waals surface area contributed by atoms with E-state index in [-0.39, 0.29) is 36.1 Å². The summed E-state index contributed by atoms with van der Waals surface area (Å²) in [4.78, 5) is 35.5. The van der Waals surface area contributed by atoms with E-state index >= 15 is 0 Å². The number of piperazine rings is 1. The van der Waals surface area contributed by atoms with Gasteiger partial charge in [0, 0.05) is 43.9 Å². The maximum Gasteiger partial charge on any atom is 0.270 e. The number of non-ortho nitro benzene ring substituents is 1. The average Bonchev–Trinajstić information content (AvgIpc) is 2.53. The van der Waals surface area contributed by atoms with Gasteiger partial charge in [-0.3, -0.25) is 19.7 Å². The van der Waals surface area contributed by atoms with Crippen molar-refractivity contribution in [3.8, 4) is 0 Å². The van der Waals surface area contributed by atoms with E-state index in [0.29, 0.717) is 13.1 Å². The van der Waals surface area contributed by atoms with Crippen molar-refractivity contribution >= 4 is 29.9 Å². The molecular weight excluding hydrogens is 312 g/mol. The molecule has 1 aliphatic rings. The van der Waals surface area contributed by atoms with Crippen LogP contribution in [-0.2, 0) is 4.79 Å². The van der Waals surface area contributed by atoms with Crippen molar-refractivity contribution in [2.45, 2.75) is 0 Å². The molecule has 0 unspecified atom stereocenters. The Labute approximate surface area is 133 Å². The highest BCUT2D eigenvalue weighted by Gasteiger charge is 2.17. The van der Waals surface area contributed by atoms with Crippen LogP contribution in [0.5, 0.6) is 0 Å². The highest BCUT2D eigenvalue weighted by atomic mass is 35.5.